The number of anilines is 1. The lowest BCUT2D eigenvalue weighted by atomic mass is 10.0. The van der Waals surface area contributed by atoms with E-state index in [0.29, 0.717) is 6.42 Å². The summed E-state index contributed by atoms with van der Waals surface area (Å²) in [7, 11) is 0. The molecule has 11 heteroatoms. The molecule has 1 aromatic carbocycles. The third-order valence-electron chi connectivity index (χ3n) is 4.90. The molecular weight excluding hydrogens is 438 g/mol. The highest BCUT2D eigenvalue weighted by Crippen LogP contribution is 2.25. The van der Waals surface area contributed by atoms with E-state index in [9.17, 15) is 23.5 Å². The summed E-state index contributed by atoms with van der Waals surface area (Å²) in [5.41, 5.74) is 0. The minimum Gasteiger partial charge on any atom is -0.456 e. The van der Waals surface area contributed by atoms with Crippen LogP contribution in [-0.2, 0) is 16.1 Å². The van der Waals surface area contributed by atoms with E-state index in [-0.39, 0.29) is 36.3 Å². The van der Waals surface area contributed by atoms with Gasteiger partial charge in [0.2, 0.25) is 5.91 Å². The molecule has 33 heavy (non-hydrogen) atoms. The van der Waals surface area contributed by atoms with Gasteiger partial charge < -0.3 is 25.2 Å². The average molecular weight is 464 g/mol. The number of nitrogens with zero attached hydrogens (tertiary/aromatic N) is 3. The Morgan fingerprint density at radius 1 is 1.30 bits per heavy atom. The fourth-order valence-electron chi connectivity index (χ4n) is 3.37. The quantitative estimate of drug-likeness (QED) is 0.493. The van der Waals surface area contributed by atoms with E-state index < -0.39 is 42.2 Å². The number of benzene rings is 1. The van der Waals surface area contributed by atoms with Gasteiger partial charge in [-0.15, -0.1) is 0 Å². The van der Waals surface area contributed by atoms with Gasteiger partial charge in [-0.25, -0.2) is 8.78 Å². The van der Waals surface area contributed by atoms with E-state index in [4.69, 9.17) is 9.84 Å². The zero-order chi connectivity index (χ0) is 24.1. The van der Waals surface area contributed by atoms with Crippen LogP contribution in [0.4, 0.5) is 14.6 Å². The molecule has 3 N–H and O–H groups in total. The number of carbonyl (C=O) groups excluding carboxylic acids is 2. The summed E-state index contributed by atoms with van der Waals surface area (Å²) in [5, 5.41) is 25.2. The lowest BCUT2D eigenvalue weighted by Crippen LogP contribution is -2.46. The summed E-state index contributed by atoms with van der Waals surface area (Å²) in [6, 6.07) is 3.43. The largest absolute Gasteiger partial charge is 0.456 e. The first-order valence-corrected chi connectivity index (χ1v) is 10.4. The number of amides is 2. The number of ether oxygens (including phenoxy) is 1. The first-order chi connectivity index (χ1) is 15.7. The zero-order valence-electron chi connectivity index (χ0n) is 18.2. The fraction of sp³-hybridized carbons (Fsp3) is 0.409. The predicted molar refractivity (Wildman–Crippen MR) is 114 cm³/mol. The van der Waals surface area contributed by atoms with E-state index in [1.807, 2.05) is 13.8 Å². The molecule has 3 rings (SSSR count). The molecule has 0 bridgehead atoms. The van der Waals surface area contributed by atoms with Crippen LogP contribution in [0.2, 0.25) is 0 Å². The lowest BCUT2D eigenvalue weighted by molar-refractivity contribution is -0.133. The van der Waals surface area contributed by atoms with Crippen molar-refractivity contribution in [3.8, 4) is 5.75 Å². The smallest absolute Gasteiger partial charge is 0.251 e. The summed E-state index contributed by atoms with van der Waals surface area (Å²) in [4.78, 5) is 26.9. The van der Waals surface area contributed by atoms with Crippen LogP contribution in [0.15, 0.2) is 42.3 Å². The van der Waals surface area contributed by atoms with Gasteiger partial charge >= 0.3 is 0 Å². The van der Waals surface area contributed by atoms with Crippen LogP contribution < -0.4 is 10.1 Å². The van der Waals surface area contributed by atoms with Gasteiger partial charge in [0, 0.05) is 24.4 Å². The Morgan fingerprint density at radius 3 is 2.76 bits per heavy atom. The summed E-state index contributed by atoms with van der Waals surface area (Å²) in [6.45, 7) is 3.34. The van der Waals surface area contributed by atoms with Crippen LogP contribution >= 0.6 is 0 Å². The number of aliphatic hydroxyl groups is 2. The third kappa shape index (κ3) is 6.36. The van der Waals surface area contributed by atoms with E-state index in [1.165, 1.54) is 21.8 Å². The van der Waals surface area contributed by atoms with Crippen molar-refractivity contribution in [3.05, 3.63) is 53.9 Å². The van der Waals surface area contributed by atoms with Crippen LogP contribution in [0, 0.1) is 17.6 Å². The maximum Gasteiger partial charge on any atom is 0.251 e. The number of halogens is 2. The summed E-state index contributed by atoms with van der Waals surface area (Å²) >= 11 is 0. The number of carbonyl (C=O) groups is 2. The number of rotatable bonds is 10. The van der Waals surface area contributed by atoms with Gasteiger partial charge in [0.05, 0.1) is 25.8 Å². The molecule has 1 aliphatic heterocycles. The maximum absolute atomic E-state index is 13.9. The molecule has 2 heterocycles. The van der Waals surface area contributed by atoms with Crippen molar-refractivity contribution in [2.45, 2.75) is 39.0 Å². The normalized spacial score (nSPS) is 15.5. The summed E-state index contributed by atoms with van der Waals surface area (Å²) in [5.74, 6) is -2.40. The molecule has 2 aromatic rings. The van der Waals surface area contributed by atoms with Crippen LogP contribution in [0.25, 0.3) is 0 Å². The highest BCUT2D eigenvalue weighted by atomic mass is 19.1. The zero-order valence-corrected chi connectivity index (χ0v) is 18.2. The Hall–Kier alpha value is -3.31. The number of hydrogen-bond donors (Lipinski definition) is 3. The first-order valence-electron chi connectivity index (χ1n) is 10.4. The highest BCUT2D eigenvalue weighted by Gasteiger charge is 2.35. The minimum absolute atomic E-state index is 0.0493. The van der Waals surface area contributed by atoms with E-state index in [1.54, 1.807) is 0 Å². The molecule has 0 saturated heterocycles. The van der Waals surface area contributed by atoms with Crippen molar-refractivity contribution in [2.75, 3.05) is 18.5 Å². The molecule has 178 valence electrons. The number of hydrogen-bond acceptors (Lipinski definition) is 6. The Labute approximate surface area is 189 Å². The lowest BCUT2D eigenvalue weighted by Gasteiger charge is -2.28. The molecule has 9 nitrogen and oxygen atoms in total. The van der Waals surface area contributed by atoms with Crippen LogP contribution in [-0.4, -0.2) is 62.0 Å². The summed E-state index contributed by atoms with van der Waals surface area (Å²) in [6.07, 6.45) is 2.04. The Bertz CT molecular complexity index is 1040. The van der Waals surface area contributed by atoms with Crippen LogP contribution in [0.5, 0.6) is 5.75 Å². The molecule has 0 radical (unpaired) electrons. The van der Waals surface area contributed by atoms with E-state index in [0.717, 1.165) is 24.3 Å². The van der Waals surface area contributed by atoms with Crippen molar-refractivity contribution >= 4 is 17.6 Å². The van der Waals surface area contributed by atoms with Gasteiger partial charge in [0.1, 0.15) is 17.6 Å². The minimum atomic E-state index is -0.989. The van der Waals surface area contributed by atoms with Crippen molar-refractivity contribution in [1.82, 2.24) is 14.7 Å². The Kier molecular flexibility index (Phi) is 7.77. The monoisotopic (exact) mass is 464 g/mol. The van der Waals surface area contributed by atoms with Gasteiger partial charge in [-0.3, -0.25) is 14.3 Å². The van der Waals surface area contributed by atoms with Gasteiger partial charge in [0.25, 0.3) is 5.91 Å². The molecular formula is C22H26F2N4O5. The SMILES string of the molecule is CC(C)C[C@@H](C(=O)Nc1ccn(C[C@@H](O)CO)n1)N1CC(Oc2cc(F)ccc2F)=CC1=O. The molecule has 2 amide bonds. The number of aliphatic hydroxyl groups excluding tert-OH is 2. The van der Waals surface area contributed by atoms with Gasteiger partial charge in [0.15, 0.2) is 17.4 Å². The number of nitrogens with one attached hydrogen (secondary N) is 1. The second-order valence-corrected chi connectivity index (χ2v) is 8.15. The molecule has 0 unspecified atom stereocenters. The maximum atomic E-state index is 13.9. The van der Waals surface area contributed by atoms with Crippen LogP contribution in [0.3, 0.4) is 0 Å². The fourth-order valence-corrected chi connectivity index (χ4v) is 3.37. The first kappa shape index (κ1) is 24.3. The second-order valence-electron chi connectivity index (χ2n) is 8.15. The summed E-state index contributed by atoms with van der Waals surface area (Å²) < 4.78 is 34.1. The van der Waals surface area contributed by atoms with Crippen molar-refractivity contribution in [1.29, 1.82) is 0 Å². The van der Waals surface area contributed by atoms with E-state index >= 15 is 0 Å². The molecule has 0 saturated carbocycles. The average Bonchev–Trinajstić information content (AvgIpc) is 3.34. The predicted octanol–water partition coefficient (Wildman–Crippen LogP) is 1.67. The van der Waals surface area contributed by atoms with Crippen molar-refractivity contribution in [3.63, 3.8) is 0 Å². The number of aromatic nitrogens is 2. The molecule has 2 atom stereocenters. The van der Waals surface area contributed by atoms with Gasteiger partial charge in [-0.2, -0.15) is 5.10 Å². The van der Waals surface area contributed by atoms with Crippen LogP contribution in [0.1, 0.15) is 20.3 Å². The van der Waals surface area contributed by atoms with Crippen molar-refractivity contribution < 1.29 is 33.3 Å². The van der Waals surface area contributed by atoms with Gasteiger partial charge in [-0.1, -0.05) is 13.8 Å². The third-order valence-corrected chi connectivity index (χ3v) is 4.90. The highest BCUT2D eigenvalue weighted by molar-refractivity contribution is 5.99. The molecule has 1 aromatic heterocycles. The topological polar surface area (TPSA) is 117 Å². The molecule has 1 aliphatic rings. The Morgan fingerprint density at radius 2 is 2.06 bits per heavy atom. The molecule has 0 fully saturated rings. The second kappa shape index (κ2) is 10.5. The van der Waals surface area contributed by atoms with Gasteiger partial charge in [-0.05, 0) is 24.5 Å². The molecule has 0 spiro atoms. The van der Waals surface area contributed by atoms with E-state index in [2.05, 4.69) is 10.4 Å². The Balaban J connectivity index is 1.70. The standard InChI is InChI=1S/C22H26F2N4O5/c1-13(2)7-18(22(32)25-20-5-6-27(26-20)10-15(30)12-29)28-11-16(9-21(28)31)33-19-8-14(23)3-4-17(19)24/h3-6,8-9,13,15,18,29-30H,7,10-12H2,1-2H3,(H,25,26,32)/t15-,18+/m1/s1. The van der Waals surface area contributed by atoms with Crippen molar-refractivity contribution in [2.24, 2.45) is 5.92 Å². The molecule has 0 aliphatic carbocycles.